The maximum absolute atomic E-state index is 13.0. The summed E-state index contributed by atoms with van der Waals surface area (Å²) in [5.74, 6) is -0.157. The van der Waals surface area contributed by atoms with E-state index in [1.54, 1.807) is 50.6 Å². The normalized spacial score (nSPS) is 14.5. The quantitative estimate of drug-likeness (QED) is 0.466. The van der Waals surface area contributed by atoms with Crippen LogP contribution in [0.1, 0.15) is 22.5 Å². The van der Waals surface area contributed by atoms with Gasteiger partial charge in [0.2, 0.25) is 10.0 Å². The molecule has 0 spiro atoms. The smallest absolute Gasteiger partial charge is 0.254 e. The maximum atomic E-state index is 13.0. The minimum Gasteiger partial charge on any atom is -0.345 e. The van der Waals surface area contributed by atoms with Gasteiger partial charge in [0.25, 0.3) is 5.91 Å². The summed E-state index contributed by atoms with van der Waals surface area (Å²) >= 11 is 12.5. The third kappa shape index (κ3) is 4.88. The molecule has 4 rings (SSSR count). The monoisotopic (exact) mass is 515 g/mol. The summed E-state index contributed by atoms with van der Waals surface area (Å²) in [6.07, 6.45) is 4.12. The predicted octanol–water partition coefficient (Wildman–Crippen LogP) is 5.24. The molecule has 2 aromatic carbocycles. The van der Waals surface area contributed by atoms with E-state index in [0.717, 1.165) is 22.4 Å². The van der Waals surface area contributed by atoms with Crippen molar-refractivity contribution in [2.45, 2.75) is 11.3 Å². The number of halogens is 2. The van der Waals surface area contributed by atoms with E-state index in [4.69, 9.17) is 23.2 Å². The van der Waals surface area contributed by atoms with Crippen LogP contribution in [0.2, 0.25) is 10.0 Å². The van der Waals surface area contributed by atoms with Gasteiger partial charge in [0.15, 0.2) is 0 Å². The van der Waals surface area contributed by atoms with Gasteiger partial charge in [0.05, 0.1) is 21.3 Å². The fourth-order valence-corrected chi connectivity index (χ4v) is 5.92. The van der Waals surface area contributed by atoms with Crippen LogP contribution in [0.5, 0.6) is 0 Å². The molecule has 0 saturated heterocycles. The second-order valence-electron chi connectivity index (χ2n) is 8.10. The third-order valence-electron chi connectivity index (χ3n) is 5.65. The van der Waals surface area contributed by atoms with Gasteiger partial charge >= 0.3 is 0 Å². The zero-order chi connectivity index (χ0) is 24.5. The molecule has 1 aliphatic rings. The van der Waals surface area contributed by atoms with Gasteiger partial charge in [-0.1, -0.05) is 47.5 Å². The molecular formula is C25H23Cl2N3O3S. The molecule has 176 valence electrons. The number of pyridine rings is 1. The Morgan fingerprint density at radius 3 is 2.38 bits per heavy atom. The van der Waals surface area contributed by atoms with E-state index in [-0.39, 0.29) is 22.4 Å². The first kappa shape index (κ1) is 24.4. The number of hydrogen-bond donors (Lipinski definition) is 0. The standard InChI is InChI=1S/C25H23Cl2N3O3S/c1-29(2)25(31)20-8-7-18(15-22(20)27)19-9-12-28-23(16-19)17-10-13-30(14-11-17)34(32,33)24-6-4-3-5-21(24)26/h3-10,12,15-16H,11,13-14H2,1-2H3. The molecule has 3 aromatic rings. The van der Waals surface area contributed by atoms with Crippen LogP contribution in [-0.2, 0) is 10.0 Å². The van der Waals surface area contributed by atoms with Gasteiger partial charge < -0.3 is 4.90 Å². The fourth-order valence-electron chi connectivity index (χ4n) is 3.79. The highest BCUT2D eigenvalue weighted by atomic mass is 35.5. The molecule has 1 aromatic heterocycles. The van der Waals surface area contributed by atoms with Crippen LogP contribution in [0.15, 0.2) is 71.8 Å². The number of carbonyl (C=O) groups is 1. The van der Waals surface area contributed by atoms with E-state index in [0.29, 0.717) is 23.6 Å². The largest absolute Gasteiger partial charge is 0.345 e. The Balaban J connectivity index is 1.56. The number of carbonyl (C=O) groups excluding carboxylic acids is 1. The first-order valence-corrected chi connectivity index (χ1v) is 12.8. The Kier molecular flexibility index (Phi) is 7.09. The van der Waals surface area contributed by atoms with Crippen molar-refractivity contribution in [3.05, 3.63) is 88.2 Å². The third-order valence-corrected chi connectivity index (χ3v) is 8.33. The van der Waals surface area contributed by atoms with Crippen molar-refractivity contribution in [1.29, 1.82) is 0 Å². The molecule has 1 aliphatic heterocycles. The van der Waals surface area contributed by atoms with E-state index in [1.807, 2.05) is 24.3 Å². The number of rotatable bonds is 5. The molecule has 0 radical (unpaired) electrons. The number of nitrogens with zero attached hydrogens (tertiary/aromatic N) is 3. The lowest BCUT2D eigenvalue weighted by Gasteiger charge is -2.26. The number of aromatic nitrogens is 1. The number of amides is 1. The molecule has 0 unspecified atom stereocenters. The predicted molar refractivity (Wildman–Crippen MR) is 136 cm³/mol. The molecular weight excluding hydrogens is 493 g/mol. The van der Waals surface area contributed by atoms with Gasteiger partial charge in [-0.25, -0.2) is 8.42 Å². The van der Waals surface area contributed by atoms with Crippen molar-refractivity contribution < 1.29 is 13.2 Å². The van der Waals surface area contributed by atoms with Gasteiger partial charge in [-0.05, 0) is 59.5 Å². The van der Waals surface area contributed by atoms with Crippen molar-refractivity contribution in [3.63, 3.8) is 0 Å². The summed E-state index contributed by atoms with van der Waals surface area (Å²) in [5, 5.41) is 0.593. The summed E-state index contributed by atoms with van der Waals surface area (Å²) < 4.78 is 27.4. The molecule has 0 saturated carbocycles. The van der Waals surface area contributed by atoms with Crippen molar-refractivity contribution in [1.82, 2.24) is 14.2 Å². The van der Waals surface area contributed by atoms with Gasteiger partial charge in [-0.2, -0.15) is 4.31 Å². The van der Waals surface area contributed by atoms with Crippen LogP contribution < -0.4 is 0 Å². The summed E-state index contributed by atoms with van der Waals surface area (Å²) in [6.45, 7) is 0.570. The van der Waals surface area contributed by atoms with Gasteiger partial charge in [-0.3, -0.25) is 9.78 Å². The van der Waals surface area contributed by atoms with Gasteiger partial charge in [-0.15, -0.1) is 0 Å². The maximum Gasteiger partial charge on any atom is 0.254 e. The van der Waals surface area contributed by atoms with E-state index in [9.17, 15) is 13.2 Å². The van der Waals surface area contributed by atoms with Crippen molar-refractivity contribution in [2.75, 3.05) is 27.2 Å². The molecule has 34 heavy (non-hydrogen) atoms. The minimum absolute atomic E-state index is 0.113. The Morgan fingerprint density at radius 1 is 1.00 bits per heavy atom. The minimum atomic E-state index is -3.68. The Bertz CT molecular complexity index is 1390. The van der Waals surface area contributed by atoms with Crippen LogP contribution in [0.3, 0.4) is 0 Å². The summed E-state index contributed by atoms with van der Waals surface area (Å²) in [6, 6.07) is 15.6. The summed E-state index contributed by atoms with van der Waals surface area (Å²) in [7, 11) is -0.319. The zero-order valence-electron chi connectivity index (χ0n) is 18.7. The van der Waals surface area contributed by atoms with Crippen molar-refractivity contribution in [2.24, 2.45) is 0 Å². The molecule has 0 bridgehead atoms. The highest BCUT2D eigenvalue weighted by molar-refractivity contribution is 7.89. The first-order chi connectivity index (χ1) is 16.2. The SMILES string of the molecule is CN(C)C(=O)c1ccc(-c2ccnc(C3=CCN(S(=O)(=O)c4ccccc4Cl)CC3)c2)cc1Cl. The van der Waals surface area contributed by atoms with E-state index in [2.05, 4.69) is 4.98 Å². The van der Waals surface area contributed by atoms with E-state index < -0.39 is 10.0 Å². The second-order valence-corrected chi connectivity index (χ2v) is 10.8. The first-order valence-electron chi connectivity index (χ1n) is 10.6. The van der Waals surface area contributed by atoms with Gasteiger partial charge in [0, 0.05) is 33.4 Å². The van der Waals surface area contributed by atoms with Crippen molar-refractivity contribution in [3.8, 4) is 11.1 Å². The molecule has 1 amide bonds. The van der Waals surface area contributed by atoms with Crippen LogP contribution in [0, 0.1) is 0 Å². The lowest BCUT2D eigenvalue weighted by atomic mass is 10.00. The molecule has 9 heteroatoms. The molecule has 0 atom stereocenters. The number of benzene rings is 2. The van der Waals surface area contributed by atoms with Crippen LogP contribution in [0.4, 0.5) is 0 Å². The lowest BCUT2D eigenvalue weighted by molar-refractivity contribution is 0.0828. The molecule has 6 nitrogen and oxygen atoms in total. The number of hydrogen-bond acceptors (Lipinski definition) is 4. The van der Waals surface area contributed by atoms with Crippen LogP contribution in [0.25, 0.3) is 16.7 Å². The van der Waals surface area contributed by atoms with Crippen molar-refractivity contribution >= 4 is 44.7 Å². The molecule has 0 aliphatic carbocycles. The Labute approximate surface area is 209 Å². The summed E-state index contributed by atoms with van der Waals surface area (Å²) in [5.41, 5.74) is 3.96. The summed E-state index contributed by atoms with van der Waals surface area (Å²) in [4.78, 5) is 18.3. The Morgan fingerprint density at radius 2 is 1.74 bits per heavy atom. The molecule has 2 heterocycles. The zero-order valence-corrected chi connectivity index (χ0v) is 21.0. The second kappa shape index (κ2) is 9.88. The topological polar surface area (TPSA) is 70.6 Å². The lowest BCUT2D eigenvalue weighted by Crippen LogP contribution is -2.34. The number of sulfonamides is 1. The van der Waals surface area contributed by atoms with Crippen LogP contribution >= 0.6 is 23.2 Å². The van der Waals surface area contributed by atoms with Crippen LogP contribution in [-0.4, -0.2) is 55.7 Å². The highest BCUT2D eigenvalue weighted by Gasteiger charge is 2.28. The van der Waals surface area contributed by atoms with E-state index >= 15 is 0 Å². The highest BCUT2D eigenvalue weighted by Crippen LogP contribution is 2.31. The average molecular weight is 516 g/mol. The Hall–Kier alpha value is -2.71. The molecule has 0 N–H and O–H groups in total. The molecule has 0 fully saturated rings. The average Bonchev–Trinajstić information content (AvgIpc) is 2.84. The fraction of sp³-hybridized carbons (Fsp3) is 0.200. The van der Waals surface area contributed by atoms with Gasteiger partial charge in [0.1, 0.15) is 4.90 Å². The van der Waals surface area contributed by atoms with E-state index in [1.165, 1.54) is 15.3 Å².